The number of benzene rings is 1. The number of aromatic nitrogens is 2. The zero-order chi connectivity index (χ0) is 16.7. The fourth-order valence-corrected chi connectivity index (χ4v) is 2.28. The minimum atomic E-state index is -0.345. The number of hydrogen-bond donors (Lipinski definition) is 1. The van der Waals surface area contributed by atoms with E-state index in [1.165, 1.54) is 13.2 Å². The standard InChI is InChI=1S/C18H24FN3O/c1-4-5-6-18-21-11-14(12-22-18)10-20-13(2)15-7-8-17(23-3)16(19)9-15/h7-9,11-13,20H,4-6,10H2,1-3H3. The third-order valence-corrected chi connectivity index (χ3v) is 3.80. The average Bonchev–Trinajstić information content (AvgIpc) is 2.58. The summed E-state index contributed by atoms with van der Waals surface area (Å²) in [6.07, 6.45) is 6.88. The number of methoxy groups -OCH3 is 1. The molecule has 0 amide bonds. The molecule has 1 unspecified atom stereocenters. The first kappa shape index (κ1) is 17.3. The molecule has 2 rings (SSSR count). The summed E-state index contributed by atoms with van der Waals surface area (Å²) >= 11 is 0. The normalized spacial score (nSPS) is 12.2. The molecule has 1 atom stereocenters. The molecule has 1 heterocycles. The highest BCUT2D eigenvalue weighted by Gasteiger charge is 2.09. The zero-order valence-electron chi connectivity index (χ0n) is 14.0. The molecule has 0 saturated carbocycles. The number of unbranched alkanes of at least 4 members (excludes halogenated alkanes) is 1. The van der Waals surface area contributed by atoms with Crippen molar-refractivity contribution in [1.82, 2.24) is 15.3 Å². The van der Waals surface area contributed by atoms with Crippen LogP contribution < -0.4 is 10.1 Å². The van der Waals surface area contributed by atoms with E-state index in [0.717, 1.165) is 36.2 Å². The third-order valence-electron chi connectivity index (χ3n) is 3.80. The van der Waals surface area contributed by atoms with Gasteiger partial charge in [0.05, 0.1) is 7.11 Å². The summed E-state index contributed by atoms with van der Waals surface area (Å²) in [6, 6.07) is 5.04. The van der Waals surface area contributed by atoms with Crippen LogP contribution in [0.25, 0.3) is 0 Å². The van der Waals surface area contributed by atoms with E-state index in [0.29, 0.717) is 6.54 Å². The van der Waals surface area contributed by atoms with Gasteiger partial charge in [0, 0.05) is 37.0 Å². The minimum absolute atomic E-state index is 0.0233. The van der Waals surface area contributed by atoms with Crippen LogP contribution in [0.5, 0.6) is 5.75 Å². The van der Waals surface area contributed by atoms with Gasteiger partial charge in [0.2, 0.25) is 0 Å². The molecule has 0 aliphatic carbocycles. The Kier molecular flexibility index (Phi) is 6.47. The van der Waals surface area contributed by atoms with E-state index in [1.54, 1.807) is 6.07 Å². The van der Waals surface area contributed by atoms with E-state index in [-0.39, 0.29) is 17.6 Å². The molecule has 1 aromatic carbocycles. The summed E-state index contributed by atoms with van der Waals surface area (Å²) in [5, 5.41) is 3.36. The molecule has 4 nitrogen and oxygen atoms in total. The second-order valence-electron chi connectivity index (χ2n) is 5.61. The maximum Gasteiger partial charge on any atom is 0.165 e. The lowest BCUT2D eigenvalue weighted by Gasteiger charge is -2.15. The Balaban J connectivity index is 1.90. The van der Waals surface area contributed by atoms with Gasteiger partial charge >= 0.3 is 0 Å². The number of halogens is 1. The van der Waals surface area contributed by atoms with Gasteiger partial charge in [-0.15, -0.1) is 0 Å². The van der Waals surface area contributed by atoms with Gasteiger partial charge in [0.1, 0.15) is 5.82 Å². The van der Waals surface area contributed by atoms with Crippen LogP contribution in [-0.2, 0) is 13.0 Å². The highest BCUT2D eigenvalue weighted by Crippen LogP contribution is 2.21. The molecule has 0 aliphatic rings. The van der Waals surface area contributed by atoms with E-state index >= 15 is 0 Å². The number of aryl methyl sites for hydroxylation is 1. The molecule has 0 fully saturated rings. The average molecular weight is 317 g/mol. The Labute approximate surface area is 137 Å². The first-order valence-corrected chi connectivity index (χ1v) is 8.00. The molecule has 1 N–H and O–H groups in total. The molecule has 5 heteroatoms. The second-order valence-corrected chi connectivity index (χ2v) is 5.61. The van der Waals surface area contributed by atoms with Crippen molar-refractivity contribution < 1.29 is 9.13 Å². The lowest BCUT2D eigenvalue weighted by atomic mass is 10.1. The molecule has 0 spiro atoms. The van der Waals surface area contributed by atoms with Crippen LogP contribution in [0.2, 0.25) is 0 Å². The summed E-state index contributed by atoms with van der Waals surface area (Å²) in [4.78, 5) is 8.75. The number of ether oxygens (including phenoxy) is 1. The zero-order valence-corrected chi connectivity index (χ0v) is 14.0. The van der Waals surface area contributed by atoms with Crippen LogP contribution in [-0.4, -0.2) is 17.1 Å². The molecular formula is C18H24FN3O. The molecule has 0 saturated heterocycles. The molecule has 0 radical (unpaired) electrons. The van der Waals surface area contributed by atoms with Crippen LogP contribution in [0.1, 0.15) is 49.7 Å². The Morgan fingerprint density at radius 2 is 2.00 bits per heavy atom. The van der Waals surface area contributed by atoms with E-state index in [9.17, 15) is 4.39 Å². The Bertz CT molecular complexity index is 616. The summed E-state index contributed by atoms with van der Waals surface area (Å²) in [5.41, 5.74) is 1.90. The second kappa shape index (κ2) is 8.58. The van der Waals surface area contributed by atoms with Gasteiger partial charge in [0.15, 0.2) is 11.6 Å². The van der Waals surface area contributed by atoms with Crippen molar-refractivity contribution in [2.45, 2.75) is 45.7 Å². The predicted molar refractivity (Wildman–Crippen MR) is 88.9 cm³/mol. The van der Waals surface area contributed by atoms with Crippen LogP contribution in [0, 0.1) is 5.82 Å². The molecule has 0 aliphatic heterocycles. The van der Waals surface area contributed by atoms with Crippen molar-refractivity contribution in [2.75, 3.05) is 7.11 Å². The maximum absolute atomic E-state index is 13.7. The highest BCUT2D eigenvalue weighted by molar-refractivity contribution is 5.30. The third kappa shape index (κ3) is 4.99. The van der Waals surface area contributed by atoms with Crippen molar-refractivity contribution in [1.29, 1.82) is 0 Å². The minimum Gasteiger partial charge on any atom is -0.494 e. The van der Waals surface area contributed by atoms with Crippen molar-refractivity contribution in [3.05, 3.63) is 53.4 Å². The fraction of sp³-hybridized carbons (Fsp3) is 0.444. The van der Waals surface area contributed by atoms with Crippen LogP contribution in [0.3, 0.4) is 0 Å². The van der Waals surface area contributed by atoms with Gasteiger partial charge in [-0.05, 0) is 31.0 Å². The van der Waals surface area contributed by atoms with Crippen molar-refractivity contribution in [3.63, 3.8) is 0 Å². The van der Waals surface area contributed by atoms with Gasteiger partial charge in [-0.3, -0.25) is 0 Å². The van der Waals surface area contributed by atoms with Gasteiger partial charge in [0.25, 0.3) is 0 Å². The van der Waals surface area contributed by atoms with Gasteiger partial charge in [-0.25, -0.2) is 14.4 Å². The number of rotatable bonds is 8. The molecule has 23 heavy (non-hydrogen) atoms. The van der Waals surface area contributed by atoms with E-state index < -0.39 is 0 Å². The molecule has 0 bridgehead atoms. The Morgan fingerprint density at radius 3 is 2.61 bits per heavy atom. The van der Waals surface area contributed by atoms with Crippen LogP contribution in [0.4, 0.5) is 4.39 Å². The predicted octanol–water partition coefficient (Wildman–Crippen LogP) is 3.82. The van der Waals surface area contributed by atoms with Gasteiger partial charge in [-0.2, -0.15) is 0 Å². The first-order chi connectivity index (χ1) is 11.1. The monoisotopic (exact) mass is 317 g/mol. The quantitative estimate of drug-likeness (QED) is 0.804. The summed E-state index contributed by atoms with van der Waals surface area (Å²) in [5.74, 6) is 0.806. The van der Waals surface area contributed by atoms with Crippen LogP contribution in [0.15, 0.2) is 30.6 Å². The lowest BCUT2D eigenvalue weighted by Crippen LogP contribution is -2.18. The topological polar surface area (TPSA) is 47.0 Å². The Hall–Kier alpha value is -2.01. The van der Waals surface area contributed by atoms with Crippen LogP contribution >= 0.6 is 0 Å². The van der Waals surface area contributed by atoms with Gasteiger partial charge in [-0.1, -0.05) is 19.4 Å². The largest absolute Gasteiger partial charge is 0.494 e. The molecular weight excluding hydrogens is 293 g/mol. The highest BCUT2D eigenvalue weighted by atomic mass is 19.1. The summed E-state index contributed by atoms with van der Waals surface area (Å²) < 4.78 is 18.7. The first-order valence-electron chi connectivity index (χ1n) is 8.00. The van der Waals surface area contributed by atoms with E-state index in [2.05, 4.69) is 22.2 Å². The SMILES string of the molecule is CCCCc1ncc(CNC(C)c2ccc(OC)c(F)c2)cn1. The number of nitrogens with one attached hydrogen (secondary N) is 1. The smallest absolute Gasteiger partial charge is 0.165 e. The number of hydrogen-bond acceptors (Lipinski definition) is 4. The van der Waals surface area contributed by atoms with Crippen molar-refractivity contribution >= 4 is 0 Å². The number of nitrogens with zero attached hydrogens (tertiary/aromatic N) is 2. The maximum atomic E-state index is 13.7. The molecule has 1 aromatic heterocycles. The molecule has 2 aromatic rings. The lowest BCUT2D eigenvalue weighted by molar-refractivity contribution is 0.385. The van der Waals surface area contributed by atoms with Gasteiger partial charge < -0.3 is 10.1 Å². The van der Waals surface area contributed by atoms with Crippen molar-refractivity contribution in [2.24, 2.45) is 0 Å². The Morgan fingerprint density at radius 1 is 1.26 bits per heavy atom. The van der Waals surface area contributed by atoms with E-state index in [4.69, 9.17) is 4.74 Å². The fourth-order valence-electron chi connectivity index (χ4n) is 2.28. The molecule has 124 valence electrons. The summed E-state index contributed by atoms with van der Waals surface area (Å²) in [6.45, 7) is 4.79. The summed E-state index contributed by atoms with van der Waals surface area (Å²) in [7, 11) is 1.46. The van der Waals surface area contributed by atoms with Crippen molar-refractivity contribution in [3.8, 4) is 5.75 Å². The van der Waals surface area contributed by atoms with E-state index in [1.807, 2.05) is 25.4 Å².